The molecule has 16 heavy (non-hydrogen) atoms. The van der Waals surface area contributed by atoms with Crippen LogP contribution in [0.15, 0.2) is 12.1 Å². The Morgan fingerprint density at radius 1 is 1.25 bits per heavy atom. The zero-order valence-electron chi connectivity index (χ0n) is 10.4. The van der Waals surface area contributed by atoms with E-state index in [1.165, 1.54) is 0 Å². The second kappa shape index (κ2) is 4.40. The normalized spacial score (nSPS) is 12.0. The molecule has 0 aliphatic heterocycles. The largest absolute Gasteiger partial charge is 0.496 e. The minimum Gasteiger partial charge on any atom is -0.496 e. The number of hydrogen-bond acceptors (Lipinski definition) is 1. The lowest BCUT2D eigenvalue weighted by atomic mass is 9.94. The first-order chi connectivity index (χ1) is 7.27. The monoisotopic (exact) mass is 228 g/mol. The first-order valence-corrected chi connectivity index (χ1v) is 5.34. The molecule has 0 saturated carbocycles. The number of rotatable bonds is 3. The molecule has 0 N–H and O–H groups in total. The number of benzene rings is 1. The minimum atomic E-state index is -2.81. The van der Waals surface area contributed by atoms with Crippen LogP contribution in [-0.2, 0) is 5.92 Å². The van der Waals surface area contributed by atoms with Crippen LogP contribution in [0.25, 0.3) is 0 Å². The van der Waals surface area contributed by atoms with E-state index >= 15 is 0 Å². The summed E-state index contributed by atoms with van der Waals surface area (Å²) in [7, 11) is 1.56. The lowest BCUT2D eigenvalue weighted by molar-refractivity contribution is 0.0167. The van der Waals surface area contributed by atoms with Gasteiger partial charge in [0.15, 0.2) is 0 Å². The third-order valence-corrected chi connectivity index (χ3v) is 2.67. The first kappa shape index (κ1) is 12.9. The van der Waals surface area contributed by atoms with Crippen molar-refractivity contribution in [1.82, 2.24) is 0 Å². The molecule has 0 fully saturated rings. The molecule has 1 aromatic rings. The molecule has 90 valence electrons. The first-order valence-electron chi connectivity index (χ1n) is 5.34. The zero-order valence-corrected chi connectivity index (χ0v) is 10.4. The summed E-state index contributed by atoms with van der Waals surface area (Å²) in [5, 5.41) is 0. The molecule has 0 spiro atoms. The molecule has 0 atom stereocenters. The Bertz CT molecular complexity index is 378. The molecule has 0 saturated heterocycles. The van der Waals surface area contributed by atoms with E-state index in [1.54, 1.807) is 26.2 Å². The SMILES string of the molecule is COc1cc(C)c(C(C)(F)F)cc1C(C)C. The Hall–Kier alpha value is -1.12. The molecule has 0 unspecified atom stereocenters. The summed E-state index contributed by atoms with van der Waals surface area (Å²) in [5.41, 5.74) is 1.47. The van der Waals surface area contributed by atoms with E-state index in [1.807, 2.05) is 13.8 Å². The van der Waals surface area contributed by atoms with Gasteiger partial charge in [0.2, 0.25) is 0 Å². The van der Waals surface area contributed by atoms with Crippen molar-refractivity contribution >= 4 is 0 Å². The smallest absolute Gasteiger partial charge is 0.270 e. The van der Waals surface area contributed by atoms with Crippen molar-refractivity contribution in [3.05, 3.63) is 28.8 Å². The zero-order chi connectivity index (χ0) is 12.5. The molecule has 0 radical (unpaired) electrons. The summed E-state index contributed by atoms with van der Waals surface area (Å²) in [6.45, 7) is 6.53. The van der Waals surface area contributed by atoms with E-state index in [0.29, 0.717) is 11.3 Å². The van der Waals surface area contributed by atoms with Gasteiger partial charge in [0.25, 0.3) is 5.92 Å². The van der Waals surface area contributed by atoms with Crippen molar-refractivity contribution in [2.24, 2.45) is 0 Å². The maximum atomic E-state index is 13.4. The lowest BCUT2D eigenvalue weighted by Crippen LogP contribution is -2.11. The van der Waals surface area contributed by atoms with Gasteiger partial charge in [0, 0.05) is 12.5 Å². The van der Waals surface area contributed by atoms with Crippen molar-refractivity contribution < 1.29 is 13.5 Å². The molecule has 3 heteroatoms. The minimum absolute atomic E-state index is 0.0806. The number of hydrogen-bond donors (Lipinski definition) is 0. The molecule has 0 bridgehead atoms. The van der Waals surface area contributed by atoms with Crippen LogP contribution in [0.5, 0.6) is 5.75 Å². The van der Waals surface area contributed by atoms with Gasteiger partial charge in [-0.25, -0.2) is 8.78 Å². The fourth-order valence-corrected chi connectivity index (χ4v) is 1.80. The number of halogens is 2. The standard InChI is InChI=1S/C13H18F2O/c1-8(2)10-7-11(13(4,14)15)9(3)6-12(10)16-5/h6-8H,1-5H3. The van der Waals surface area contributed by atoms with Gasteiger partial charge in [0.1, 0.15) is 5.75 Å². The van der Waals surface area contributed by atoms with Crippen LogP contribution in [0.1, 0.15) is 43.4 Å². The number of aryl methyl sites for hydroxylation is 1. The third kappa shape index (κ3) is 2.52. The highest BCUT2D eigenvalue weighted by Gasteiger charge is 2.28. The maximum absolute atomic E-state index is 13.4. The average molecular weight is 228 g/mol. The van der Waals surface area contributed by atoms with Gasteiger partial charge in [-0.15, -0.1) is 0 Å². The van der Waals surface area contributed by atoms with Gasteiger partial charge in [-0.05, 0) is 36.1 Å². The number of methoxy groups -OCH3 is 1. The quantitative estimate of drug-likeness (QED) is 0.752. The molecular formula is C13H18F2O. The molecule has 0 aromatic heterocycles. The second-order valence-electron chi connectivity index (χ2n) is 4.45. The highest BCUT2D eigenvalue weighted by atomic mass is 19.3. The fraction of sp³-hybridized carbons (Fsp3) is 0.538. The Morgan fingerprint density at radius 2 is 1.81 bits per heavy atom. The van der Waals surface area contributed by atoms with Crippen LogP contribution >= 0.6 is 0 Å². The maximum Gasteiger partial charge on any atom is 0.270 e. The van der Waals surface area contributed by atoms with Gasteiger partial charge in [-0.1, -0.05) is 13.8 Å². The average Bonchev–Trinajstić information content (AvgIpc) is 2.14. The van der Waals surface area contributed by atoms with Crippen molar-refractivity contribution in [3.8, 4) is 5.75 Å². The van der Waals surface area contributed by atoms with Crippen molar-refractivity contribution in [1.29, 1.82) is 0 Å². The molecular weight excluding hydrogens is 210 g/mol. The van der Waals surface area contributed by atoms with Crippen molar-refractivity contribution in [2.75, 3.05) is 7.11 Å². The van der Waals surface area contributed by atoms with Crippen molar-refractivity contribution in [2.45, 2.75) is 39.5 Å². The summed E-state index contributed by atoms with van der Waals surface area (Å²) in [6, 6.07) is 3.24. The predicted octanol–water partition coefficient (Wildman–Crippen LogP) is 4.24. The number of alkyl halides is 2. The van der Waals surface area contributed by atoms with E-state index in [9.17, 15) is 8.78 Å². The van der Waals surface area contributed by atoms with E-state index < -0.39 is 5.92 Å². The van der Waals surface area contributed by atoms with Crippen LogP contribution in [0, 0.1) is 6.92 Å². The van der Waals surface area contributed by atoms with E-state index in [2.05, 4.69) is 0 Å². The summed E-state index contributed by atoms with van der Waals surface area (Å²) in [4.78, 5) is 0. The molecule has 0 heterocycles. The van der Waals surface area contributed by atoms with Gasteiger partial charge in [-0.3, -0.25) is 0 Å². The Labute approximate surface area is 95.4 Å². The summed E-state index contributed by atoms with van der Waals surface area (Å²) in [5.74, 6) is -1.96. The predicted molar refractivity (Wildman–Crippen MR) is 61.4 cm³/mol. The summed E-state index contributed by atoms with van der Waals surface area (Å²) < 4.78 is 31.9. The van der Waals surface area contributed by atoms with Gasteiger partial charge in [-0.2, -0.15) is 0 Å². The Morgan fingerprint density at radius 3 is 2.19 bits per heavy atom. The topological polar surface area (TPSA) is 9.23 Å². The van der Waals surface area contributed by atoms with E-state index in [0.717, 1.165) is 12.5 Å². The van der Waals surface area contributed by atoms with Crippen LogP contribution in [-0.4, -0.2) is 7.11 Å². The van der Waals surface area contributed by atoms with Gasteiger partial charge >= 0.3 is 0 Å². The van der Waals surface area contributed by atoms with Crippen molar-refractivity contribution in [3.63, 3.8) is 0 Å². The Balaban J connectivity index is 3.39. The summed E-state index contributed by atoms with van der Waals surface area (Å²) >= 11 is 0. The lowest BCUT2D eigenvalue weighted by Gasteiger charge is -2.19. The molecule has 0 aliphatic rings. The number of ether oxygens (including phenoxy) is 1. The van der Waals surface area contributed by atoms with E-state index in [4.69, 9.17) is 4.74 Å². The highest BCUT2D eigenvalue weighted by molar-refractivity contribution is 5.45. The Kier molecular flexibility index (Phi) is 3.56. The molecule has 0 aliphatic carbocycles. The molecule has 0 amide bonds. The fourth-order valence-electron chi connectivity index (χ4n) is 1.80. The van der Waals surface area contributed by atoms with E-state index in [-0.39, 0.29) is 11.5 Å². The molecule has 1 rings (SSSR count). The third-order valence-electron chi connectivity index (χ3n) is 2.67. The molecule has 1 nitrogen and oxygen atoms in total. The van der Waals surface area contributed by atoms with Crippen LogP contribution < -0.4 is 4.74 Å². The van der Waals surface area contributed by atoms with Gasteiger partial charge in [0.05, 0.1) is 7.11 Å². The van der Waals surface area contributed by atoms with Gasteiger partial charge < -0.3 is 4.74 Å². The highest BCUT2D eigenvalue weighted by Crippen LogP contribution is 2.36. The molecule has 1 aromatic carbocycles. The van der Waals surface area contributed by atoms with Crippen LogP contribution in [0.4, 0.5) is 8.78 Å². The van der Waals surface area contributed by atoms with Crippen LogP contribution in [0.3, 0.4) is 0 Å². The second-order valence-corrected chi connectivity index (χ2v) is 4.45. The van der Waals surface area contributed by atoms with Crippen LogP contribution in [0.2, 0.25) is 0 Å². The summed E-state index contributed by atoms with van der Waals surface area (Å²) in [6.07, 6.45) is 0.